The highest BCUT2D eigenvalue weighted by atomic mass is 19.1. The molecule has 0 amide bonds. The molecule has 0 atom stereocenters. The summed E-state index contributed by atoms with van der Waals surface area (Å²) in [6.45, 7) is 0. The van der Waals surface area contributed by atoms with Gasteiger partial charge in [0.25, 0.3) is 0 Å². The zero-order chi connectivity index (χ0) is 14.1. The second-order valence-electron chi connectivity index (χ2n) is 4.91. The number of rotatable bonds is 3. The van der Waals surface area contributed by atoms with Crippen LogP contribution in [-0.4, -0.2) is 7.11 Å². The molecule has 0 saturated heterocycles. The monoisotopic (exact) mass is 273 g/mol. The van der Waals surface area contributed by atoms with Crippen molar-refractivity contribution in [3.8, 4) is 17.2 Å². The molecule has 1 aliphatic rings. The third-order valence-electron chi connectivity index (χ3n) is 3.58. The van der Waals surface area contributed by atoms with Gasteiger partial charge in [-0.05, 0) is 42.5 Å². The summed E-state index contributed by atoms with van der Waals surface area (Å²) in [7, 11) is 1.41. The normalized spacial score (nSPS) is 13.1. The Morgan fingerprint density at radius 3 is 2.65 bits per heavy atom. The van der Waals surface area contributed by atoms with E-state index in [-0.39, 0.29) is 11.4 Å². The number of halogens is 1. The van der Waals surface area contributed by atoms with E-state index in [0.717, 1.165) is 12.8 Å². The smallest absolute Gasteiger partial charge is 0.167 e. The first-order valence-corrected chi connectivity index (χ1v) is 6.60. The van der Waals surface area contributed by atoms with Gasteiger partial charge in [-0.2, -0.15) is 0 Å². The molecule has 0 fully saturated rings. The molecule has 0 radical (unpaired) electrons. The molecule has 3 nitrogen and oxygen atoms in total. The standard InChI is InChI=1S/C16H16FNO2/c1-19-15-9-16(14(18)8-13(15)17)20-12-6-5-10-3-2-4-11(10)7-12/h5-9H,2-4,18H2,1H3. The highest BCUT2D eigenvalue weighted by Gasteiger charge is 2.14. The van der Waals surface area contributed by atoms with Crippen LogP contribution in [0.15, 0.2) is 30.3 Å². The molecule has 0 aliphatic heterocycles. The van der Waals surface area contributed by atoms with Crippen molar-refractivity contribution in [1.29, 1.82) is 0 Å². The maximum Gasteiger partial charge on any atom is 0.167 e. The van der Waals surface area contributed by atoms with E-state index in [1.54, 1.807) is 0 Å². The Hall–Kier alpha value is -2.23. The minimum absolute atomic E-state index is 0.121. The quantitative estimate of drug-likeness (QED) is 0.867. The van der Waals surface area contributed by atoms with Crippen LogP contribution in [0.2, 0.25) is 0 Å². The number of hydrogen-bond donors (Lipinski definition) is 1. The average molecular weight is 273 g/mol. The summed E-state index contributed by atoms with van der Waals surface area (Å²) in [5, 5.41) is 0. The third kappa shape index (κ3) is 2.29. The van der Waals surface area contributed by atoms with Crippen molar-refractivity contribution in [3.05, 3.63) is 47.3 Å². The van der Waals surface area contributed by atoms with Crippen molar-refractivity contribution in [2.75, 3.05) is 12.8 Å². The average Bonchev–Trinajstić information content (AvgIpc) is 2.89. The van der Waals surface area contributed by atoms with Crippen LogP contribution < -0.4 is 15.2 Å². The van der Waals surface area contributed by atoms with E-state index in [0.29, 0.717) is 11.5 Å². The molecule has 2 aromatic carbocycles. The highest BCUT2D eigenvalue weighted by molar-refractivity contribution is 5.58. The summed E-state index contributed by atoms with van der Waals surface area (Å²) in [5.74, 6) is 0.744. The zero-order valence-electron chi connectivity index (χ0n) is 11.3. The lowest BCUT2D eigenvalue weighted by Gasteiger charge is -2.12. The van der Waals surface area contributed by atoms with Crippen LogP contribution in [0.4, 0.5) is 10.1 Å². The minimum Gasteiger partial charge on any atom is -0.494 e. The number of methoxy groups -OCH3 is 1. The Kier molecular flexibility index (Phi) is 3.22. The fraction of sp³-hybridized carbons (Fsp3) is 0.250. The van der Waals surface area contributed by atoms with Crippen LogP contribution >= 0.6 is 0 Å². The first-order valence-electron chi connectivity index (χ1n) is 6.60. The van der Waals surface area contributed by atoms with Gasteiger partial charge in [0.15, 0.2) is 17.3 Å². The van der Waals surface area contributed by atoms with E-state index in [2.05, 4.69) is 6.07 Å². The van der Waals surface area contributed by atoms with E-state index >= 15 is 0 Å². The second kappa shape index (κ2) is 5.04. The van der Waals surface area contributed by atoms with Crippen LogP contribution in [-0.2, 0) is 12.8 Å². The Labute approximate surface area is 117 Å². The van der Waals surface area contributed by atoms with Crippen molar-refractivity contribution in [2.24, 2.45) is 0 Å². The van der Waals surface area contributed by atoms with Gasteiger partial charge in [0, 0.05) is 12.1 Å². The lowest BCUT2D eigenvalue weighted by atomic mass is 10.1. The van der Waals surface area contributed by atoms with E-state index in [1.807, 2.05) is 12.1 Å². The molecule has 0 aromatic heterocycles. The van der Waals surface area contributed by atoms with Crippen molar-refractivity contribution < 1.29 is 13.9 Å². The van der Waals surface area contributed by atoms with Gasteiger partial charge >= 0.3 is 0 Å². The fourth-order valence-electron chi connectivity index (χ4n) is 2.53. The maximum absolute atomic E-state index is 13.5. The summed E-state index contributed by atoms with van der Waals surface area (Å²) < 4.78 is 24.2. The lowest BCUT2D eigenvalue weighted by Crippen LogP contribution is -1.96. The molecule has 3 rings (SSSR count). The van der Waals surface area contributed by atoms with Crippen molar-refractivity contribution in [1.82, 2.24) is 0 Å². The molecular weight excluding hydrogens is 257 g/mol. The number of nitrogen functional groups attached to an aromatic ring is 1. The predicted molar refractivity (Wildman–Crippen MR) is 75.9 cm³/mol. The van der Waals surface area contributed by atoms with Gasteiger partial charge < -0.3 is 15.2 Å². The summed E-state index contributed by atoms with van der Waals surface area (Å²) in [6, 6.07) is 8.70. The first kappa shape index (κ1) is 12.8. The molecule has 0 spiro atoms. The predicted octanol–water partition coefficient (Wildman–Crippen LogP) is 3.70. The molecular formula is C16H16FNO2. The summed E-state index contributed by atoms with van der Waals surface area (Å²) in [5.41, 5.74) is 8.73. The molecule has 0 unspecified atom stereocenters. The lowest BCUT2D eigenvalue weighted by molar-refractivity contribution is 0.382. The second-order valence-corrected chi connectivity index (χ2v) is 4.91. The van der Waals surface area contributed by atoms with Gasteiger partial charge in [-0.15, -0.1) is 0 Å². The van der Waals surface area contributed by atoms with Crippen LogP contribution in [0.1, 0.15) is 17.5 Å². The number of aryl methyl sites for hydroxylation is 2. The van der Waals surface area contributed by atoms with Crippen molar-refractivity contribution in [3.63, 3.8) is 0 Å². The Morgan fingerprint density at radius 1 is 1.05 bits per heavy atom. The van der Waals surface area contributed by atoms with Crippen molar-refractivity contribution >= 4 is 5.69 Å². The Balaban J connectivity index is 1.91. The molecule has 1 aliphatic carbocycles. The molecule has 2 aromatic rings. The Bertz CT molecular complexity index is 655. The van der Waals surface area contributed by atoms with Crippen LogP contribution in [0.5, 0.6) is 17.2 Å². The number of benzene rings is 2. The molecule has 0 heterocycles. The Morgan fingerprint density at radius 2 is 1.85 bits per heavy atom. The molecule has 0 saturated carbocycles. The number of fused-ring (bicyclic) bond motifs is 1. The van der Waals surface area contributed by atoms with Gasteiger partial charge in [-0.3, -0.25) is 0 Å². The van der Waals surface area contributed by atoms with Crippen molar-refractivity contribution in [2.45, 2.75) is 19.3 Å². The topological polar surface area (TPSA) is 44.5 Å². The van der Waals surface area contributed by atoms with E-state index < -0.39 is 5.82 Å². The molecule has 4 heteroatoms. The van der Waals surface area contributed by atoms with E-state index in [9.17, 15) is 4.39 Å². The van der Waals surface area contributed by atoms with Gasteiger partial charge in [-0.25, -0.2) is 4.39 Å². The van der Waals surface area contributed by atoms with E-state index in [4.69, 9.17) is 15.2 Å². The maximum atomic E-state index is 13.5. The molecule has 0 bridgehead atoms. The van der Waals surface area contributed by atoms with Gasteiger partial charge in [0.05, 0.1) is 12.8 Å². The van der Waals surface area contributed by atoms with E-state index in [1.165, 1.54) is 36.8 Å². The number of nitrogens with two attached hydrogens (primary N) is 1. The van der Waals surface area contributed by atoms with Gasteiger partial charge in [0.1, 0.15) is 5.75 Å². The highest BCUT2D eigenvalue weighted by Crippen LogP contribution is 2.35. The first-order chi connectivity index (χ1) is 9.67. The fourth-order valence-corrected chi connectivity index (χ4v) is 2.53. The van der Waals surface area contributed by atoms with Gasteiger partial charge in [0.2, 0.25) is 0 Å². The number of ether oxygens (including phenoxy) is 2. The number of hydrogen-bond acceptors (Lipinski definition) is 3. The van der Waals surface area contributed by atoms with Crippen LogP contribution in [0.3, 0.4) is 0 Å². The van der Waals surface area contributed by atoms with Crippen LogP contribution in [0, 0.1) is 5.82 Å². The number of anilines is 1. The zero-order valence-corrected chi connectivity index (χ0v) is 11.3. The largest absolute Gasteiger partial charge is 0.494 e. The summed E-state index contributed by atoms with van der Waals surface area (Å²) in [4.78, 5) is 0. The molecule has 20 heavy (non-hydrogen) atoms. The minimum atomic E-state index is -0.494. The molecule has 2 N–H and O–H groups in total. The molecule has 104 valence electrons. The summed E-state index contributed by atoms with van der Waals surface area (Å²) in [6.07, 6.45) is 3.39. The van der Waals surface area contributed by atoms with Crippen LogP contribution in [0.25, 0.3) is 0 Å². The third-order valence-corrected chi connectivity index (χ3v) is 3.58. The summed E-state index contributed by atoms with van der Waals surface area (Å²) >= 11 is 0. The SMILES string of the molecule is COc1cc(Oc2ccc3c(c2)CCC3)c(N)cc1F. The van der Waals surface area contributed by atoms with Gasteiger partial charge in [-0.1, -0.05) is 6.07 Å².